The Labute approximate surface area is 132 Å². The number of nitrogens with one attached hydrogen (secondary N) is 2. The van der Waals surface area contributed by atoms with Gasteiger partial charge in [0.2, 0.25) is 5.91 Å². The first kappa shape index (κ1) is 16.2. The van der Waals surface area contributed by atoms with Gasteiger partial charge < -0.3 is 10.6 Å². The van der Waals surface area contributed by atoms with E-state index in [1.807, 2.05) is 18.2 Å². The van der Waals surface area contributed by atoms with Crippen LogP contribution in [0.1, 0.15) is 30.5 Å². The number of carbonyl (C=O) groups is 1. The van der Waals surface area contributed by atoms with Crippen molar-refractivity contribution in [3.63, 3.8) is 0 Å². The van der Waals surface area contributed by atoms with Crippen molar-refractivity contribution in [1.29, 1.82) is 0 Å². The minimum atomic E-state index is -0.0144. The quantitative estimate of drug-likeness (QED) is 0.826. The Kier molecular flexibility index (Phi) is 6.10. The van der Waals surface area contributed by atoms with Gasteiger partial charge in [0.05, 0.1) is 6.54 Å². The van der Waals surface area contributed by atoms with Gasteiger partial charge in [-0.05, 0) is 35.6 Å². The number of nitrogens with zero attached hydrogens (tertiary/aromatic N) is 1. The number of amides is 1. The molecule has 0 unspecified atom stereocenters. The van der Waals surface area contributed by atoms with Crippen LogP contribution in [0.15, 0.2) is 42.7 Å². The number of para-hydroxylation sites is 1. The minimum absolute atomic E-state index is 0.0144. The summed E-state index contributed by atoms with van der Waals surface area (Å²) in [5.74, 6) is -0.0144. The fraction of sp³-hybridized carbons (Fsp3) is 0.333. The zero-order valence-electron chi connectivity index (χ0n) is 13.2. The van der Waals surface area contributed by atoms with Crippen molar-refractivity contribution in [2.45, 2.75) is 33.2 Å². The smallest absolute Gasteiger partial charge is 0.238 e. The van der Waals surface area contributed by atoms with Crippen molar-refractivity contribution in [2.24, 2.45) is 0 Å². The fourth-order valence-electron chi connectivity index (χ4n) is 2.41. The largest absolute Gasteiger partial charge is 0.324 e. The number of aryl methyl sites for hydroxylation is 2. The minimum Gasteiger partial charge on any atom is -0.324 e. The molecule has 1 aromatic heterocycles. The molecular formula is C18H23N3O. The number of hydrogen-bond acceptors (Lipinski definition) is 3. The molecule has 0 aliphatic rings. The maximum absolute atomic E-state index is 12.1. The standard InChI is InChI=1S/C18H23N3O/c1-3-15-8-5-9-16(4-2)18(15)21-17(22)13-20-12-14-7-6-10-19-11-14/h5-11,20H,3-4,12-13H2,1-2H3,(H,21,22). The second-order valence-corrected chi connectivity index (χ2v) is 5.17. The lowest BCUT2D eigenvalue weighted by atomic mass is 10.0. The van der Waals surface area contributed by atoms with Gasteiger partial charge in [0, 0.05) is 24.6 Å². The van der Waals surface area contributed by atoms with Gasteiger partial charge in [-0.2, -0.15) is 0 Å². The van der Waals surface area contributed by atoms with Crippen LogP contribution in [-0.2, 0) is 24.2 Å². The van der Waals surface area contributed by atoms with Crippen LogP contribution in [0.4, 0.5) is 5.69 Å². The van der Waals surface area contributed by atoms with E-state index in [1.165, 1.54) is 11.1 Å². The van der Waals surface area contributed by atoms with E-state index >= 15 is 0 Å². The molecule has 2 rings (SSSR count). The summed E-state index contributed by atoms with van der Waals surface area (Å²) in [5, 5.41) is 6.19. The molecule has 0 bridgehead atoms. The van der Waals surface area contributed by atoms with E-state index in [0.29, 0.717) is 6.54 Å². The number of benzene rings is 1. The van der Waals surface area contributed by atoms with E-state index in [9.17, 15) is 4.79 Å². The van der Waals surface area contributed by atoms with Crippen LogP contribution < -0.4 is 10.6 Å². The SMILES string of the molecule is CCc1cccc(CC)c1NC(=O)CNCc1cccnc1. The lowest BCUT2D eigenvalue weighted by molar-refractivity contribution is -0.115. The Balaban J connectivity index is 1.92. The summed E-state index contributed by atoms with van der Waals surface area (Å²) in [5.41, 5.74) is 4.40. The van der Waals surface area contributed by atoms with Crippen molar-refractivity contribution in [1.82, 2.24) is 10.3 Å². The highest BCUT2D eigenvalue weighted by atomic mass is 16.1. The first-order valence-electron chi connectivity index (χ1n) is 7.74. The summed E-state index contributed by atoms with van der Waals surface area (Å²) in [6.07, 6.45) is 5.36. The lowest BCUT2D eigenvalue weighted by Gasteiger charge is -2.14. The summed E-state index contributed by atoms with van der Waals surface area (Å²) < 4.78 is 0. The van der Waals surface area contributed by atoms with E-state index in [0.717, 1.165) is 24.1 Å². The molecule has 0 spiro atoms. The van der Waals surface area contributed by atoms with Crippen LogP contribution in [0.25, 0.3) is 0 Å². The zero-order valence-corrected chi connectivity index (χ0v) is 13.2. The molecule has 1 aromatic carbocycles. The topological polar surface area (TPSA) is 54.0 Å². The summed E-state index contributed by atoms with van der Waals surface area (Å²) in [6.45, 7) is 5.13. The van der Waals surface area contributed by atoms with Gasteiger partial charge in [0.25, 0.3) is 0 Å². The maximum Gasteiger partial charge on any atom is 0.238 e. The predicted molar refractivity (Wildman–Crippen MR) is 89.8 cm³/mol. The van der Waals surface area contributed by atoms with Crippen molar-refractivity contribution in [3.05, 3.63) is 59.4 Å². The van der Waals surface area contributed by atoms with Crippen LogP contribution >= 0.6 is 0 Å². The Morgan fingerprint density at radius 3 is 2.41 bits per heavy atom. The maximum atomic E-state index is 12.1. The highest BCUT2D eigenvalue weighted by molar-refractivity contribution is 5.93. The van der Waals surface area contributed by atoms with Crippen molar-refractivity contribution >= 4 is 11.6 Å². The molecule has 4 heteroatoms. The second-order valence-electron chi connectivity index (χ2n) is 5.17. The van der Waals surface area contributed by atoms with Crippen LogP contribution in [0.5, 0.6) is 0 Å². The molecule has 2 N–H and O–H groups in total. The van der Waals surface area contributed by atoms with Gasteiger partial charge in [-0.15, -0.1) is 0 Å². The molecule has 0 aliphatic heterocycles. The molecule has 0 saturated heterocycles. The van der Waals surface area contributed by atoms with Crippen LogP contribution in [-0.4, -0.2) is 17.4 Å². The first-order valence-corrected chi connectivity index (χ1v) is 7.74. The van der Waals surface area contributed by atoms with Gasteiger partial charge in [-0.25, -0.2) is 0 Å². The molecule has 2 aromatic rings. The molecule has 1 heterocycles. The number of aromatic nitrogens is 1. The molecule has 0 saturated carbocycles. The third-order valence-corrected chi connectivity index (χ3v) is 3.60. The van der Waals surface area contributed by atoms with Gasteiger partial charge in [0.15, 0.2) is 0 Å². The third kappa shape index (κ3) is 4.40. The average Bonchev–Trinajstić information content (AvgIpc) is 2.56. The molecule has 0 aliphatic carbocycles. The number of anilines is 1. The molecule has 0 atom stereocenters. The zero-order chi connectivity index (χ0) is 15.8. The second kappa shape index (κ2) is 8.29. The van der Waals surface area contributed by atoms with Gasteiger partial charge >= 0.3 is 0 Å². The third-order valence-electron chi connectivity index (χ3n) is 3.60. The Morgan fingerprint density at radius 2 is 1.82 bits per heavy atom. The number of hydrogen-bond donors (Lipinski definition) is 2. The van der Waals surface area contributed by atoms with E-state index < -0.39 is 0 Å². The van der Waals surface area contributed by atoms with Gasteiger partial charge in [0.1, 0.15) is 0 Å². The number of carbonyl (C=O) groups excluding carboxylic acids is 1. The summed E-state index contributed by atoms with van der Waals surface area (Å²) in [4.78, 5) is 16.2. The summed E-state index contributed by atoms with van der Waals surface area (Å²) >= 11 is 0. The van der Waals surface area contributed by atoms with Crippen molar-refractivity contribution in [2.75, 3.05) is 11.9 Å². The van der Waals surface area contributed by atoms with Crippen LogP contribution in [0.3, 0.4) is 0 Å². The summed E-state index contributed by atoms with van der Waals surface area (Å²) in [7, 11) is 0. The molecule has 1 amide bonds. The molecule has 4 nitrogen and oxygen atoms in total. The highest BCUT2D eigenvalue weighted by Gasteiger charge is 2.09. The van der Waals surface area contributed by atoms with Crippen LogP contribution in [0.2, 0.25) is 0 Å². The number of rotatable bonds is 7. The van der Waals surface area contributed by atoms with Gasteiger partial charge in [-0.3, -0.25) is 9.78 Å². The molecular weight excluding hydrogens is 274 g/mol. The Bertz CT molecular complexity index is 589. The predicted octanol–water partition coefficient (Wildman–Crippen LogP) is 2.93. The highest BCUT2D eigenvalue weighted by Crippen LogP contribution is 2.22. The van der Waals surface area contributed by atoms with E-state index in [2.05, 4.69) is 41.6 Å². The monoisotopic (exact) mass is 297 g/mol. The Hall–Kier alpha value is -2.20. The van der Waals surface area contributed by atoms with E-state index in [4.69, 9.17) is 0 Å². The first-order chi connectivity index (χ1) is 10.7. The Morgan fingerprint density at radius 1 is 1.09 bits per heavy atom. The average molecular weight is 297 g/mol. The molecule has 22 heavy (non-hydrogen) atoms. The van der Waals surface area contributed by atoms with Crippen LogP contribution in [0, 0.1) is 0 Å². The van der Waals surface area contributed by atoms with Gasteiger partial charge in [-0.1, -0.05) is 38.1 Å². The fourth-order valence-corrected chi connectivity index (χ4v) is 2.41. The molecule has 0 fully saturated rings. The summed E-state index contributed by atoms with van der Waals surface area (Å²) in [6, 6.07) is 10.1. The molecule has 0 radical (unpaired) electrons. The number of pyridine rings is 1. The molecule has 116 valence electrons. The van der Waals surface area contributed by atoms with Crippen molar-refractivity contribution in [3.8, 4) is 0 Å². The van der Waals surface area contributed by atoms with E-state index in [-0.39, 0.29) is 12.5 Å². The van der Waals surface area contributed by atoms with Crippen molar-refractivity contribution < 1.29 is 4.79 Å². The normalized spacial score (nSPS) is 10.5. The lowest BCUT2D eigenvalue weighted by Crippen LogP contribution is -2.28. The van der Waals surface area contributed by atoms with E-state index in [1.54, 1.807) is 12.4 Å².